The molecule has 1 aliphatic carbocycles. The van der Waals surface area contributed by atoms with Crippen molar-refractivity contribution in [3.63, 3.8) is 0 Å². The molecule has 0 atom stereocenters. The van der Waals surface area contributed by atoms with Crippen LogP contribution in [0.3, 0.4) is 0 Å². The van der Waals surface area contributed by atoms with Gasteiger partial charge in [0.05, 0.1) is 6.61 Å². The van der Waals surface area contributed by atoms with Crippen molar-refractivity contribution < 1.29 is 4.84 Å². The fourth-order valence-corrected chi connectivity index (χ4v) is 2.29. The molecule has 0 aliphatic heterocycles. The van der Waals surface area contributed by atoms with Crippen molar-refractivity contribution in [2.24, 2.45) is 11.8 Å². The van der Waals surface area contributed by atoms with Crippen LogP contribution in [0.2, 0.25) is 0 Å². The predicted molar refractivity (Wildman–Crippen MR) is 66.0 cm³/mol. The van der Waals surface area contributed by atoms with Crippen LogP contribution in [0.4, 0.5) is 0 Å². The lowest BCUT2D eigenvalue weighted by atomic mass is 9.94. The molecule has 2 rings (SSSR count). The molecule has 0 spiro atoms. The molecule has 0 bridgehead atoms. The second kappa shape index (κ2) is 4.56. The lowest BCUT2D eigenvalue weighted by molar-refractivity contribution is 0.116. The monoisotopic (exact) mass is 219 g/mol. The largest absolute Gasteiger partial charge is 0.304 e. The Morgan fingerprint density at radius 2 is 1.88 bits per heavy atom. The van der Waals surface area contributed by atoms with E-state index in [1.54, 1.807) is 0 Å². The predicted octanol–water partition coefficient (Wildman–Crippen LogP) is 2.81. The van der Waals surface area contributed by atoms with E-state index in [0.29, 0.717) is 12.5 Å². The second-order valence-electron chi connectivity index (χ2n) is 5.39. The maximum absolute atomic E-state index is 5.19. The smallest absolute Gasteiger partial charge is 0.0775 e. The first-order valence-electron chi connectivity index (χ1n) is 6.07. The van der Waals surface area contributed by atoms with Crippen LogP contribution in [0.5, 0.6) is 0 Å². The van der Waals surface area contributed by atoms with Gasteiger partial charge >= 0.3 is 0 Å². The van der Waals surface area contributed by atoms with Crippen molar-refractivity contribution in [1.82, 2.24) is 0 Å². The molecular formula is C14H21NO. The molecule has 0 aromatic heterocycles. The van der Waals surface area contributed by atoms with Gasteiger partial charge in [-0.25, -0.2) is 5.90 Å². The Hall–Kier alpha value is -0.860. The normalized spacial score (nSPS) is 17.8. The second-order valence-corrected chi connectivity index (χ2v) is 5.39. The summed E-state index contributed by atoms with van der Waals surface area (Å²) in [5.74, 6) is 5.90. The van der Waals surface area contributed by atoms with Gasteiger partial charge in [-0.15, -0.1) is 0 Å². The zero-order valence-electron chi connectivity index (χ0n) is 10.2. The lowest BCUT2D eigenvalue weighted by Gasteiger charge is -2.14. The number of benzene rings is 1. The van der Waals surface area contributed by atoms with E-state index >= 15 is 0 Å². The topological polar surface area (TPSA) is 35.2 Å². The number of hydrogen-bond donors (Lipinski definition) is 1. The summed E-state index contributed by atoms with van der Waals surface area (Å²) in [6.45, 7) is 5.15. The summed E-state index contributed by atoms with van der Waals surface area (Å²) in [6.07, 6.45) is 3.56. The van der Waals surface area contributed by atoms with Crippen LogP contribution >= 0.6 is 0 Å². The SMILES string of the molecule is CC(C)Cc1ccc(C2(CON)CC2)cc1. The molecule has 1 aromatic carbocycles. The van der Waals surface area contributed by atoms with E-state index in [9.17, 15) is 0 Å². The standard InChI is InChI=1S/C14H21NO/c1-11(2)9-12-3-5-13(6-4-12)14(7-8-14)10-16-15/h3-6,11H,7-10,15H2,1-2H3. The van der Waals surface area contributed by atoms with Crippen LogP contribution in [0.25, 0.3) is 0 Å². The highest BCUT2D eigenvalue weighted by Crippen LogP contribution is 2.48. The van der Waals surface area contributed by atoms with Gasteiger partial charge in [-0.2, -0.15) is 0 Å². The third-order valence-electron chi connectivity index (χ3n) is 3.42. The van der Waals surface area contributed by atoms with Gasteiger partial charge < -0.3 is 4.84 Å². The summed E-state index contributed by atoms with van der Waals surface area (Å²) in [6, 6.07) is 8.96. The van der Waals surface area contributed by atoms with Gasteiger partial charge in [-0.05, 0) is 36.3 Å². The molecule has 2 heteroatoms. The molecule has 1 aromatic rings. The van der Waals surface area contributed by atoms with Crippen LogP contribution in [0.15, 0.2) is 24.3 Å². The molecule has 1 saturated carbocycles. The Bertz CT molecular complexity index is 338. The Morgan fingerprint density at radius 1 is 1.25 bits per heavy atom. The number of hydrogen-bond acceptors (Lipinski definition) is 2. The molecular weight excluding hydrogens is 198 g/mol. The fourth-order valence-electron chi connectivity index (χ4n) is 2.29. The number of nitrogens with two attached hydrogens (primary N) is 1. The molecule has 0 amide bonds. The highest BCUT2D eigenvalue weighted by molar-refractivity contribution is 5.34. The van der Waals surface area contributed by atoms with Crippen LogP contribution < -0.4 is 5.90 Å². The molecule has 2 nitrogen and oxygen atoms in total. The van der Waals surface area contributed by atoms with Crippen molar-refractivity contribution >= 4 is 0 Å². The van der Waals surface area contributed by atoms with E-state index in [1.807, 2.05) is 0 Å². The lowest BCUT2D eigenvalue weighted by Crippen LogP contribution is -2.18. The van der Waals surface area contributed by atoms with E-state index in [2.05, 4.69) is 38.1 Å². The van der Waals surface area contributed by atoms with E-state index in [1.165, 1.54) is 24.0 Å². The van der Waals surface area contributed by atoms with Crippen molar-refractivity contribution in [3.8, 4) is 0 Å². The van der Waals surface area contributed by atoms with Crippen LogP contribution in [0.1, 0.15) is 37.8 Å². The summed E-state index contributed by atoms with van der Waals surface area (Å²) in [5, 5.41) is 0. The first kappa shape index (κ1) is 11.6. The van der Waals surface area contributed by atoms with Gasteiger partial charge in [0.1, 0.15) is 0 Å². The van der Waals surface area contributed by atoms with Gasteiger partial charge in [0, 0.05) is 5.41 Å². The average Bonchev–Trinajstić information content (AvgIpc) is 2.99. The van der Waals surface area contributed by atoms with Gasteiger partial charge in [-0.1, -0.05) is 38.1 Å². The maximum atomic E-state index is 5.19. The molecule has 0 heterocycles. The zero-order valence-corrected chi connectivity index (χ0v) is 10.2. The van der Waals surface area contributed by atoms with Crippen LogP contribution in [0, 0.1) is 5.92 Å². The Balaban J connectivity index is 2.07. The number of rotatable bonds is 5. The van der Waals surface area contributed by atoms with Crippen molar-refractivity contribution in [2.45, 2.75) is 38.5 Å². The van der Waals surface area contributed by atoms with E-state index in [-0.39, 0.29) is 5.41 Å². The molecule has 0 radical (unpaired) electrons. The quantitative estimate of drug-likeness (QED) is 0.773. The third-order valence-corrected chi connectivity index (χ3v) is 3.42. The summed E-state index contributed by atoms with van der Waals surface area (Å²) in [4.78, 5) is 4.82. The van der Waals surface area contributed by atoms with E-state index < -0.39 is 0 Å². The molecule has 1 aliphatic rings. The molecule has 1 fully saturated rings. The summed E-state index contributed by atoms with van der Waals surface area (Å²) >= 11 is 0. The van der Waals surface area contributed by atoms with Gasteiger partial charge in [0.2, 0.25) is 0 Å². The minimum Gasteiger partial charge on any atom is -0.304 e. The average molecular weight is 219 g/mol. The van der Waals surface area contributed by atoms with Gasteiger partial charge in [-0.3, -0.25) is 0 Å². The molecule has 0 saturated heterocycles. The first-order chi connectivity index (χ1) is 7.66. The Kier molecular flexibility index (Phi) is 3.31. The van der Waals surface area contributed by atoms with Gasteiger partial charge in [0.25, 0.3) is 0 Å². The van der Waals surface area contributed by atoms with Crippen molar-refractivity contribution in [2.75, 3.05) is 6.61 Å². The maximum Gasteiger partial charge on any atom is 0.0775 e. The summed E-state index contributed by atoms with van der Waals surface area (Å²) < 4.78 is 0. The highest BCUT2D eigenvalue weighted by atomic mass is 16.6. The van der Waals surface area contributed by atoms with E-state index in [0.717, 1.165) is 6.42 Å². The summed E-state index contributed by atoms with van der Waals surface area (Å²) in [7, 11) is 0. The molecule has 2 N–H and O–H groups in total. The minimum atomic E-state index is 0.227. The van der Waals surface area contributed by atoms with Crippen LogP contribution in [-0.4, -0.2) is 6.61 Å². The minimum absolute atomic E-state index is 0.227. The van der Waals surface area contributed by atoms with Gasteiger partial charge in [0.15, 0.2) is 0 Å². The third kappa shape index (κ3) is 2.45. The molecule has 0 unspecified atom stereocenters. The fraction of sp³-hybridized carbons (Fsp3) is 0.571. The van der Waals surface area contributed by atoms with Crippen molar-refractivity contribution in [3.05, 3.63) is 35.4 Å². The first-order valence-corrected chi connectivity index (χ1v) is 6.07. The van der Waals surface area contributed by atoms with E-state index in [4.69, 9.17) is 10.7 Å². The Morgan fingerprint density at radius 3 is 2.31 bits per heavy atom. The Labute approximate surface area is 97.8 Å². The van der Waals surface area contributed by atoms with Crippen molar-refractivity contribution in [1.29, 1.82) is 0 Å². The summed E-state index contributed by atoms with van der Waals surface area (Å²) in [5.41, 5.74) is 3.03. The zero-order chi connectivity index (χ0) is 11.6. The van der Waals surface area contributed by atoms with Crippen LogP contribution in [-0.2, 0) is 16.7 Å². The molecule has 88 valence electrons. The molecule has 16 heavy (non-hydrogen) atoms. The highest BCUT2D eigenvalue weighted by Gasteiger charge is 2.44.